The summed E-state index contributed by atoms with van der Waals surface area (Å²) in [5.74, 6) is 0.659. The molecule has 3 aromatic rings. The molecule has 0 unspecified atom stereocenters. The second-order valence-corrected chi connectivity index (χ2v) is 12.3. The number of sulfonamides is 1. The van der Waals surface area contributed by atoms with Crippen LogP contribution in [-0.2, 0) is 21.4 Å². The number of likely N-dealkylation sites (N-methyl/N-ethyl adjacent to an activating group) is 1. The van der Waals surface area contributed by atoms with Gasteiger partial charge in [0, 0.05) is 17.1 Å². The van der Waals surface area contributed by atoms with Crippen LogP contribution in [0.4, 0.5) is 0 Å². The number of thioether (sulfide) groups is 1. The van der Waals surface area contributed by atoms with Crippen LogP contribution in [0.3, 0.4) is 0 Å². The third kappa shape index (κ3) is 5.90. The van der Waals surface area contributed by atoms with Gasteiger partial charge in [0.05, 0.1) is 16.4 Å². The number of hydrogen-bond donors (Lipinski definition) is 0. The molecule has 4 rings (SSSR count). The Balaban J connectivity index is 1.57. The van der Waals surface area contributed by atoms with Crippen LogP contribution >= 0.6 is 46.3 Å². The van der Waals surface area contributed by atoms with Gasteiger partial charge in [0.15, 0.2) is 16.7 Å². The Bertz CT molecular complexity index is 1470. The van der Waals surface area contributed by atoms with E-state index in [2.05, 4.69) is 4.40 Å². The first-order chi connectivity index (χ1) is 17.2. The van der Waals surface area contributed by atoms with Crippen molar-refractivity contribution in [1.82, 2.24) is 4.90 Å². The average molecular weight is 584 g/mol. The van der Waals surface area contributed by atoms with Crippen molar-refractivity contribution in [3.63, 3.8) is 0 Å². The first kappa shape index (κ1) is 26.6. The molecule has 2 heterocycles. The SMILES string of the molecule is CCN1C(=O)C(=Cc2ccc(OCc3ccccc3Cl)c(OC)c2)SC1=NS(=O)(=O)c1ccc(Cl)s1. The molecular formula is C24H20Cl2N2O5S3. The van der Waals surface area contributed by atoms with Crippen LogP contribution in [0.5, 0.6) is 11.5 Å². The summed E-state index contributed by atoms with van der Waals surface area (Å²) in [7, 11) is -2.48. The predicted octanol–water partition coefficient (Wildman–Crippen LogP) is 6.32. The van der Waals surface area contributed by atoms with Crippen LogP contribution in [0.1, 0.15) is 18.1 Å². The fraction of sp³-hybridized carbons (Fsp3) is 0.167. The second kappa shape index (κ2) is 11.3. The lowest BCUT2D eigenvalue weighted by Gasteiger charge is -2.12. The van der Waals surface area contributed by atoms with Crippen molar-refractivity contribution in [2.24, 2.45) is 4.40 Å². The molecule has 0 aliphatic carbocycles. The highest BCUT2D eigenvalue weighted by Gasteiger charge is 2.34. The number of halogens is 2. The molecule has 0 saturated carbocycles. The molecule has 12 heteroatoms. The monoisotopic (exact) mass is 582 g/mol. The lowest BCUT2D eigenvalue weighted by Crippen LogP contribution is -2.29. The minimum Gasteiger partial charge on any atom is -0.493 e. The van der Waals surface area contributed by atoms with E-state index in [0.29, 0.717) is 31.3 Å². The van der Waals surface area contributed by atoms with Gasteiger partial charge >= 0.3 is 0 Å². The van der Waals surface area contributed by atoms with Crippen molar-refractivity contribution in [2.45, 2.75) is 17.7 Å². The highest BCUT2D eigenvalue weighted by Crippen LogP contribution is 2.36. The number of rotatable bonds is 8. The molecule has 188 valence electrons. The quantitative estimate of drug-likeness (QED) is 0.289. The Labute approximate surface area is 227 Å². The lowest BCUT2D eigenvalue weighted by atomic mass is 10.1. The summed E-state index contributed by atoms with van der Waals surface area (Å²) in [6.45, 7) is 2.28. The summed E-state index contributed by atoms with van der Waals surface area (Å²) in [4.78, 5) is 14.6. The topological polar surface area (TPSA) is 85.3 Å². The van der Waals surface area contributed by atoms with E-state index in [1.54, 1.807) is 37.3 Å². The van der Waals surface area contributed by atoms with E-state index in [1.807, 2.05) is 18.2 Å². The molecular weight excluding hydrogens is 563 g/mol. The maximum Gasteiger partial charge on any atom is 0.294 e. The molecule has 1 fully saturated rings. The summed E-state index contributed by atoms with van der Waals surface area (Å²) in [5, 5.41) is 0.696. The fourth-order valence-corrected chi connectivity index (χ4v) is 7.15. The van der Waals surface area contributed by atoms with Crippen molar-refractivity contribution in [2.75, 3.05) is 13.7 Å². The van der Waals surface area contributed by atoms with Gasteiger partial charge in [0.2, 0.25) is 0 Å². The highest BCUT2D eigenvalue weighted by molar-refractivity contribution is 8.19. The number of carbonyl (C=O) groups excluding carboxylic acids is 1. The van der Waals surface area contributed by atoms with Crippen molar-refractivity contribution >= 4 is 73.5 Å². The van der Waals surface area contributed by atoms with E-state index >= 15 is 0 Å². The molecule has 2 aromatic carbocycles. The van der Waals surface area contributed by atoms with Gasteiger partial charge in [-0.15, -0.1) is 15.7 Å². The van der Waals surface area contributed by atoms with Gasteiger partial charge < -0.3 is 9.47 Å². The van der Waals surface area contributed by atoms with Crippen molar-refractivity contribution in [3.8, 4) is 11.5 Å². The van der Waals surface area contributed by atoms with Gasteiger partial charge in [-0.05, 0) is 60.7 Å². The van der Waals surface area contributed by atoms with Crippen LogP contribution < -0.4 is 9.47 Å². The largest absolute Gasteiger partial charge is 0.493 e. The number of amides is 1. The normalized spacial score (nSPS) is 16.2. The number of carbonyl (C=O) groups is 1. The van der Waals surface area contributed by atoms with E-state index in [4.69, 9.17) is 32.7 Å². The molecule has 1 aliphatic heterocycles. The second-order valence-electron chi connectivity index (χ2n) is 7.36. The minimum absolute atomic E-state index is 0.0126. The van der Waals surface area contributed by atoms with Gasteiger partial charge in [-0.2, -0.15) is 8.42 Å². The smallest absolute Gasteiger partial charge is 0.294 e. The molecule has 36 heavy (non-hydrogen) atoms. The molecule has 1 amide bonds. The highest BCUT2D eigenvalue weighted by atomic mass is 35.5. The Morgan fingerprint density at radius 2 is 1.86 bits per heavy atom. The lowest BCUT2D eigenvalue weighted by molar-refractivity contribution is -0.122. The number of benzene rings is 2. The van der Waals surface area contributed by atoms with Gasteiger partial charge in [-0.1, -0.05) is 47.5 Å². The maximum atomic E-state index is 13.0. The molecule has 7 nitrogen and oxygen atoms in total. The third-order valence-electron chi connectivity index (χ3n) is 5.03. The van der Waals surface area contributed by atoms with Crippen molar-refractivity contribution in [1.29, 1.82) is 0 Å². The van der Waals surface area contributed by atoms with Gasteiger partial charge in [0.1, 0.15) is 10.8 Å². The molecule has 1 aromatic heterocycles. The summed E-state index contributed by atoms with van der Waals surface area (Å²) in [5.41, 5.74) is 1.52. The molecule has 0 bridgehead atoms. The van der Waals surface area contributed by atoms with Crippen molar-refractivity contribution in [3.05, 3.63) is 80.0 Å². The Hall–Kier alpha value is -2.50. The molecule has 0 atom stereocenters. The van der Waals surface area contributed by atoms with Crippen LogP contribution in [0.15, 0.2) is 68.1 Å². The molecule has 1 aliphatic rings. The number of amidine groups is 1. The third-order valence-corrected chi connectivity index (χ3v) is 9.49. The summed E-state index contributed by atoms with van der Waals surface area (Å²) in [6.07, 6.45) is 1.66. The van der Waals surface area contributed by atoms with Gasteiger partial charge in [-0.25, -0.2) is 0 Å². The fourth-order valence-electron chi connectivity index (χ4n) is 3.25. The Kier molecular flexibility index (Phi) is 8.31. The first-order valence-electron chi connectivity index (χ1n) is 10.6. The van der Waals surface area contributed by atoms with Crippen LogP contribution in [0.2, 0.25) is 9.36 Å². The van der Waals surface area contributed by atoms with E-state index in [-0.39, 0.29) is 28.4 Å². The molecule has 0 radical (unpaired) electrons. The van der Waals surface area contributed by atoms with Gasteiger partial charge in [0.25, 0.3) is 15.9 Å². The Morgan fingerprint density at radius 1 is 1.08 bits per heavy atom. The first-order valence-corrected chi connectivity index (χ1v) is 14.4. The molecule has 0 spiro atoms. The summed E-state index contributed by atoms with van der Waals surface area (Å²) >= 11 is 14.0. The summed E-state index contributed by atoms with van der Waals surface area (Å²) in [6, 6.07) is 15.5. The Morgan fingerprint density at radius 3 is 2.53 bits per heavy atom. The standard InChI is InChI=1S/C24H20Cl2N2O5S3/c1-3-28-23(29)20(34-24(28)27-36(30,31)22-11-10-21(26)35-22)13-15-8-9-18(19(12-15)32-2)33-14-16-6-4-5-7-17(16)25/h4-13H,3,14H2,1-2H3. The maximum absolute atomic E-state index is 13.0. The van der Waals surface area contributed by atoms with Crippen LogP contribution in [0, 0.1) is 0 Å². The number of thiophene rings is 1. The number of nitrogens with zero attached hydrogens (tertiary/aromatic N) is 2. The van der Waals surface area contributed by atoms with Gasteiger partial charge in [-0.3, -0.25) is 9.69 Å². The van der Waals surface area contributed by atoms with E-state index in [9.17, 15) is 13.2 Å². The number of methoxy groups -OCH3 is 1. The summed E-state index contributed by atoms with van der Waals surface area (Å²) < 4.78 is 41.0. The zero-order valence-corrected chi connectivity index (χ0v) is 23.1. The molecule has 0 N–H and O–H groups in total. The van der Waals surface area contributed by atoms with Crippen LogP contribution in [-0.4, -0.2) is 38.0 Å². The minimum atomic E-state index is -4.00. The van der Waals surface area contributed by atoms with Crippen molar-refractivity contribution < 1.29 is 22.7 Å². The number of ether oxygens (including phenoxy) is 2. The van der Waals surface area contributed by atoms with Crippen LogP contribution in [0.25, 0.3) is 6.08 Å². The zero-order chi connectivity index (χ0) is 25.9. The average Bonchev–Trinajstić information content (AvgIpc) is 3.42. The van der Waals surface area contributed by atoms with E-state index in [1.165, 1.54) is 24.1 Å². The zero-order valence-electron chi connectivity index (χ0n) is 19.1. The van der Waals surface area contributed by atoms with E-state index < -0.39 is 10.0 Å². The van der Waals surface area contributed by atoms with E-state index in [0.717, 1.165) is 28.7 Å². The predicted molar refractivity (Wildman–Crippen MR) is 146 cm³/mol. The molecule has 1 saturated heterocycles. The number of hydrogen-bond acceptors (Lipinski definition) is 7.